The average molecular weight is 562 g/mol. The number of halogens is 2. The van der Waals surface area contributed by atoms with Gasteiger partial charge in [-0.05, 0) is 81.7 Å². The maximum atomic E-state index is 14.2. The summed E-state index contributed by atoms with van der Waals surface area (Å²) >= 11 is 12.3. The van der Waals surface area contributed by atoms with E-state index in [9.17, 15) is 14.7 Å². The second-order valence-electron chi connectivity index (χ2n) is 12.6. The van der Waals surface area contributed by atoms with E-state index in [1.54, 1.807) is 30.4 Å². The minimum absolute atomic E-state index is 0.0100. The number of aliphatic hydroxyl groups is 1. The molecule has 38 heavy (non-hydrogen) atoms. The largest absolute Gasteiger partial charge is 0.484 e. The number of ketones is 2. The summed E-state index contributed by atoms with van der Waals surface area (Å²) in [5.74, 6) is -0.568. The number of ether oxygens (including phenoxy) is 3. The minimum Gasteiger partial charge on any atom is -0.484 e. The lowest BCUT2D eigenvalue weighted by Crippen LogP contribution is -2.64. The number of benzene rings is 1. The van der Waals surface area contributed by atoms with E-state index < -0.39 is 29.0 Å². The lowest BCUT2D eigenvalue weighted by atomic mass is 9.46. The van der Waals surface area contributed by atoms with E-state index in [1.807, 2.05) is 19.9 Å². The number of hydrogen-bond donors (Lipinski definition) is 1. The van der Waals surface area contributed by atoms with Crippen molar-refractivity contribution in [3.63, 3.8) is 0 Å². The van der Waals surface area contributed by atoms with Crippen LogP contribution in [0.3, 0.4) is 0 Å². The predicted molar refractivity (Wildman–Crippen MR) is 143 cm³/mol. The first kappa shape index (κ1) is 26.5. The van der Waals surface area contributed by atoms with Gasteiger partial charge in [0.1, 0.15) is 12.4 Å². The Balaban J connectivity index is 1.35. The van der Waals surface area contributed by atoms with E-state index in [0.29, 0.717) is 28.6 Å². The minimum atomic E-state index is -1.26. The van der Waals surface area contributed by atoms with Crippen LogP contribution in [0.25, 0.3) is 0 Å². The molecule has 1 N–H and O–H groups in total. The fourth-order valence-corrected chi connectivity index (χ4v) is 9.23. The van der Waals surface area contributed by atoms with Gasteiger partial charge in [-0.2, -0.15) is 0 Å². The van der Waals surface area contributed by atoms with Crippen molar-refractivity contribution in [3.8, 4) is 5.75 Å². The Morgan fingerprint density at radius 2 is 1.97 bits per heavy atom. The molecule has 0 amide bonds. The molecule has 6 rings (SSSR count). The van der Waals surface area contributed by atoms with Crippen LogP contribution in [0.5, 0.6) is 5.75 Å². The van der Waals surface area contributed by atoms with Gasteiger partial charge in [0.2, 0.25) is 5.78 Å². The summed E-state index contributed by atoms with van der Waals surface area (Å²) in [5, 5.41) is 12.6. The Bertz CT molecular complexity index is 1270. The zero-order valence-electron chi connectivity index (χ0n) is 22.1. The zero-order chi connectivity index (χ0) is 27.3. The van der Waals surface area contributed by atoms with Crippen LogP contribution in [0.1, 0.15) is 53.4 Å². The standard InChI is InChI=1S/C30H34Cl2O6/c1-27(2)37-25-13-20-19-7-5-16-11-18(33)9-10-28(16,3)26(19)22(34)14-29(20,4)30(25,38-27)24(35)15-36-23-8-6-17(31)12-21(23)32/h6,8-12,19-20,22,25-26,34H,5,7,13-15H2,1-4H3/t19?,20?,22-,25+,26?,28?,29?,30+/m0/s1. The normalized spacial score (nSPS) is 42.6. The lowest BCUT2D eigenvalue weighted by molar-refractivity contribution is -0.225. The van der Waals surface area contributed by atoms with Crippen molar-refractivity contribution in [2.75, 3.05) is 6.61 Å². The molecule has 204 valence electrons. The third kappa shape index (κ3) is 3.63. The van der Waals surface area contributed by atoms with Crippen molar-refractivity contribution in [2.24, 2.45) is 28.6 Å². The summed E-state index contributed by atoms with van der Waals surface area (Å²) in [6, 6.07) is 4.89. The van der Waals surface area contributed by atoms with Gasteiger partial charge in [0.15, 0.2) is 17.2 Å². The molecule has 1 saturated heterocycles. The van der Waals surface area contributed by atoms with Crippen LogP contribution in [0.2, 0.25) is 10.0 Å². The van der Waals surface area contributed by atoms with Gasteiger partial charge in [-0.25, -0.2) is 0 Å². The molecule has 8 heteroatoms. The predicted octanol–water partition coefficient (Wildman–Crippen LogP) is 5.72. The van der Waals surface area contributed by atoms with Crippen molar-refractivity contribution in [1.82, 2.24) is 0 Å². The molecule has 4 aliphatic carbocycles. The van der Waals surface area contributed by atoms with Crippen LogP contribution in [0.15, 0.2) is 42.0 Å². The quantitative estimate of drug-likeness (QED) is 0.507. The number of fused-ring (bicyclic) bond motifs is 7. The van der Waals surface area contributed by atoms with E-state index in [0.717, 1.165) is 18.4 Å². The Hall–Kier alpha value is -1.70. The highest BCUT2D eigenvalue weighted by molar-refractivity contribution is 6.35. The van der Waals surface area contributed by atoms with Gasteiger partial charge in [-0.15, -0.1) is 0 Å². The highest BCUT2D eigenvalue weighted by Crippen LogP contribution is 2.70. The van der Waals surface area contributed by atoms with E-state index in [4.69, 9.17) is 37.4 Å². The number of carbonyl (C=O) groups is 2. The van der Waals surface area contributed by atoms with Gasteiger partial charge in [0.25, 0.3) is 0 Å². The van der Waals surface area contributed by atoms with Crippen molar-refractivity contribution in [1.29, 1.82) is 0 Å². The molecule has 6 nitrogen and oxygen atoms in total. The summed E-state index contributed by atoms with van der Waals surface area (Å²) in [6.07, 6.45) is 6.95. The van der Waals surface area contributed by atoms with Crippen molar-refractivity contribution < 1.29 is 28.9 Å². The van der Waals surface area contributed by atoms with Crippen molar-refractivity contribution in [3.05, 3.63) is 52.0 Å². The molecule has 5 unspecified atom stereocenters. The fraction of sp³-hybridized carbons (Fsp3) is 0.600. The summed E-state index contributed by atoms with van der Waals surface area (Å²) < 4.78 is 18.9. The van der Waals surface area contributed by atoms with Crippen LogP contribution in [-0.2, 0) is 19.1 Å². The molecule has 1 heterocycles. The first-order valence-corrected chi connectivity index (χ1v) is 14.2. The molecule has 8 atom stereocenters. The first-order valence-electron chi connectivity index (χ1n) is 13.4. The molecular formula is C30H34Cl2O6. The van der Waals surface area contributed by atoms with Crippen LogP contribution in [0.4, 0.5) is 0 Å². The molecule has 1 aromatic carbocycles. The monoisotopic (exact) mass is 560 g/mol. The second kappa shape index (κ2) is 8.65. The number of rotatable bonds is 4. The highest BCUT2D eigenvalue weighted by Gasteiger charge is 2.76. The summed E-state index contributed by atoms with van der Waals surface area (Å²) in [6.45, 7) is 7.66. The number of Topliss-reactive ketones (excluding diaryl/α,β-unsaturated/α-hetero) is 1. The number of allylic oxidation sites excluding steroid dienone is 4. The topological polar surface area (TPSA) is 82.1 Å². The number of hydrogen-bond acceptors (Lipinski definition) is 6. The molecule has 0 radical (unpaired) electrons. The molecule has 5 aliphatic rings. The number of aliphatic hydroxyl groups excluding tert-OH is 1. The van der Waals surface area contributed by atoms with Crippen LogP contribution in [0, 0.1) is 28.6 Å². The summed E-state index contributed by atoms with van der Waals surface area (Å²) in [5.41, 5.74) is -1.22. The fourth-order valence-electron chi connectivity index (χ4n) is 8.76. The van der Waals surface area contributed by atoms with Crippen molar-refractivity contribution >= 4 is 34.8 Å². The SMILES string of the molecule is CC1(C)O[C@@H]2CC3C4CCC5=CC(=O)C=CC5(C)C4[C@@H](O)CC3(C)[C@]2(C(=O)COc2ccc(Cl)cc2Cl)O1. The highest BCUT2D eigenvalue weighted by atomic mass is 35.5. The van der Waals surface area contributed by atoms with E-state index >= 15 is 0 Å². The Labute approximate surface area is 233 Å². The molecule has 0 aromatic heterocycles. The van der Waals surface area contributed by atoms with Gasteiger partial charge in [0, 0.05) is 21.8 Å². The maximum Gasteiger partial charge on any atom is 0.205 e. The molecule has 1 aliphatic heterocycles. The van der Waals surface area contributed by atoms with E-state index in [1.165, 1.54) is 0 Å². The van der Waals surface area contributed by atoms with Crippen LogP contribution >= 0.6 is 23.2 Å². The van der Waals surface area contributed by atoms with Crippen LogP contribution < -0.4 is 4.74 Å². The molecule has 0 bridgehead atoms. The number of carbonyl (C=O) groups excluding carboxylic acids is 2. The van der Waals surface area contributed by atoms with Gasteiger partial charge < -0.3 is 19.3 Å². The van der Waals surface area contributed by atoms with Gasteiger partial charge in [-0.1, -0.05) is 48.7 Å². The molecule has 1 aromatic rings. The summed E-state index contributed by atoms with van der Waals surface area (Å²) in [7, 11) is 0. The first-order chi connectivity index (χ1) is 17.8. The third-order valence-corrected chi connectivity index (χ3v) is 10.7. The Morgan fingerprint density at radius 3 is 2.71 bits per heavy atom. The van der Waals surface area contributed by atoms with E-state index in [2.05, 4.69) is 13.8 Å². The molecule has 3 saturated carbocycles. The summed E-state index contributed by atoms with van der Waals surface area (Å²) in [4.78, 5) is 26.3. The Morgan fingerprint density at radius 1 is 1.21 bits per heavy atom. The Kier molecular flexibility index (Phi) is 6.03. The average Bonchev–Trinajstić information content (AvgIpc) is 3.24. The van der Waals surface area contributed by atoms with Crippen molar-refractivity contribution in [2.45, 2.75) is 77.0 Å². The van der Waals surface area contributed by atoms with E-state index in [-0.39, 0.29) is 41.3 Å². The lowest BCUT2D eigenvalue weighted by Gasteiger charge is -2.59. The second-order valence-corrected chi connectivity index (χ2v) is 13.4. The smallest absolute Gasteiger partial charge is 0.205 e. The maximum absolute atomic E-state index is 14.2. The molecule has 0 spiro atoms. The van der Waals surface area contributed by atoms with Crippen LogP contribution in [-0.4, -0.2) is 46.9 Å². The molecule has 4 fully saturated rings. The third-order valence-electron chi connectivity index (χ3n) is 10.2. The molecular weight excluding hydrogens is 527 g/mol. The van der Waals surface area contributed by atoms with Gasteiger partial charge >= 0.3 is 0 Å². The zero-order valence-corrected chi connectivity index (χ0v) is 23.6. The van der Waals surface area contributed by atoms with Gasteiger partial charge in [-0.3, -0.25) is 9.59 Å². The van der Waals surface area contributed by atoms with Gasteiger partial charge in [0.05, 0.1) is 17.2 Å².